The molecule has 0 spiro atoms. The van der Waals surface area contributed by atoms with E-state index in [9.17, 15) is 19.1 Å². The first-order chi connectivity index (χ1) is 17.9. The zero-order chi connectivity index (χ0) is 26.5. The summed E-state index contributed by atoms with van der Waals surface area (Å²) >= 11 is 0. The summed E-state index contributed by atoms with van der Waals surface area (Å²) in [5.41, 5.74) is 0.300. The van der Waals surface area contributed by atoms with Crippen LogP contribution in [-0.4, -0.2) is 56.2 Å². The zero-order valence-corrected chi connectivity index (χ0v) is 20.6. The molecule has 9 heteroatoms. The van der Waals surface area contributed by atoms with Gasteiger partial charge < -0.3 is 29.0 Å². The third-order valence-electron chi connectivity index (χ3n) is 6.03. The monoisotopic (exact) mass is 507 g/mol. The molecule has 8 nitrogen and oxygen atoms in total. The van der Waals surface area contributed by atoms with Crippen molar-refractivity contribution in [1.82, 2.24) is 4.90 Å². The molecule has 0 radical (unpaired) electrons. The average molecular weight is 508 g/mol. The van der Waals surface area contributed by atoms with Crippen LogP contribution in [0.4, 0.5) is 4.39 Å². The molecule has 1 fully saturated rings. The zero-order valence-electron chi connectivity index (χ0n) is 20.6. The fourth-order valence-electron chi connectivity index (χ4n) is 4.21. The summed E-state index contributed by atoms with van der Waals surface area (Å²) < 4.78 is 35.6. The number of likely N-dealkylation sites (tertiary alicyclic amines) is 1. The van der Waals surface area contributed by atoms with E-state index in [0.29, 0.717) is 22.8 Å². The molecule has 1 saturated heterocycles. The van der Waals surface area contributed by atoms with Crippen LogP contribution in [0.3, 0.4) is 0 Å². The van der Waals surface area contributed by atoms with Crippen LogP contribution in [0.1, 0.15) is 17.2 Å². The molecule has 0 aromatic heterocycles. The third kappa shape index (κ3) is 5.20. The maximum Gasteiger partial charge on any atom is 0.295 e. The van der Waals surface area contributed by atoms with Gasteiger partial charge in [-0.3, -0.25) is 9.59 Å². The van der Waals surface area contributed by atoms with Gasteiger partial charge in [0.15, 0.2) is 0 Å². The lowest BCUT2D eigenvalue weighted by Gasteiger charge is -2.25. The Hall–Kier alpha value is -4.53. The summed E-state index contributed by atoms with van der Waals surface area (Å²) in [5, 5.41) is 11.2. The van der Waals surface area contributed by atoms with E-state index in [1.165, 1.54) is 31.3 Å². The lowest BCUT2D eigenvalue weighted by molar-refractivity contribution is -0.140. The normalized spacial score (nSPS) is 16.5. The number of carbonyl (C=O) groups excluding carboxylic acids is 2. The maximum atomic E-state index is 14.1. The van der Waals surface area contributed by atoms with Crippen molar-refractivity contribution >= 4 is 17.4 Å². The number of nitrogens with zero attached hydrogens (tertiary/aromatic N) is 1. The van der Waals surface area contributed by atoms with Crippen molar-refractivity contribution in [2.75, 3.05) is 34.5 Å². The first kappa shape index (κ1) is 25.6. The summed E-state index contributed by atoms with van der Waals surface area (Å²) in [4.78, 5) is 27.7. The minimum absolute atomic E-state index is 0.0372. The van der Waals surface area contributed by atoms with E-state index >= 15 is 0 Å². The summed E-state index contributed by atoms with van der Waals surface area (Å²) in [6, 6.07) is 16.3. The molecule has 1 unspecified atom stereocenters. The van der Waals surface area contributed by atoms with Gasteiger partial charge in [-0.2, -0.15) is 0 Å². The Bertz CT molecular complexity index is 1340. The highest BCUT2D eigenvalue weighted by Gasteiger charge is 2.46. The second kappa shape index (κ2) is 11.0. The van der Waals surface area contributed by atoms with Crippen molar-refractivity contribution in [3.63, 3.8) is 0 Å². The Kier molecular flexibility index (Phi) is 7.62. The highest BCUT2D eigenvalue weighted by Crippen LogP contribution is 2.41. The second-order valence-electron chi connectivity index (χ2n) is 8.14. The predicted molar refractivity (Wildman–Crippen MR) is 133 cm³/mol. The molecule has 0 bridgehead atoms. The van der Waals surface area contributed by atoms with Crippen LogP contribution in [-0.2, 0) is 9.59 Å². The van der Waals surface area contributed by atoms with Gasteiger partial charge >= 0.3 is 0 Å². The molecule has 4 rings (SSSR count). The number of carbonyl (C=O) groups is 2. The number of halogens is 1. The number of ketones is 1. The van der Waals surface area contributed by atoms with Gasteiger partial charge in [0, 0.05) is 0 Å². The molecule has 37 heavy (non-hydrogen) atoms. The maximum absolute atomic E-state index is 14.1. The molecule has 0 saturated carbocycles. The van der Waals surface area contributed by atoms with Crippen molar-refractivity contribution in [2.24, 2.45) is 0 Å². The van der Waals surface area contributed by atoms with E-state index < -0.39 is 29.3 Å². The van der Waals surface area contributed by atoms with Gasteiger partial charge in [0.2, 0.25) is 0 Å². The lowest BCUT2D eigenvalue weighted by Crippen LogP contribution is -2.33. The fraction of sp³-hybridized carbons (Fsp3) is 0.214. The van der Waals surface area contributed by atoms with Gasteiger partial charge in [-0.15, -0.1) is 0 Å². The van der Waals surface area contributed by atoms with Crippen LogP contribution in [0.5, 0.6) is 23.0 Å². The molecule has 3 aromatic rings. The van der Waals surface area contributed by atoms with Gasteiger partial charge in [0.05, 0.1) is 45.1 Å². The van der Waals surface area contributed by atoms with Crippen LogP contribution >= 0.6 is 0 Å². The van der Waals surface area contributed by atoms with E-state index in [1.807, 2.05) is 0 Å². The number of ether oxygens (including phenoxy) is 4. The van der Waals surface area contributed by atoms with Crippen LogP contribution in [0, 0.1) is 5.82 Å². The van der Waals surface area contributed by atoms with Gasteiger partial charge in [0.1, 0.15) is 41.2 Å². The number of hydrogen-bond acceptors (Lipinski definition) is 7. The molecule has 1 aliphatic heterocycles. The molecule has 1 N–H and O–H groups in total. The second-order valence-corrected chi connectivity index (χ2v) is 8.14. The molecule has 1 atom stereocenters. The number of hydrogen-bond donors (Lipinski definition) is 1. The van der Waals surface area contributed by atoms with E-state index in [1.54, 1.807) is 55.6 Å². The van der Waals surface area contributed by atoms with Crippen molar-refractivity contribution in [3.05, 3.63) is 89.2 Å². The van der Waals surface area contributed by atoms with Gasteiger partial charge in [-0.05, 0) is 60.2 Å². The van der Waals surface area contributed by atoms with Gasteiger partial charge in [0.25, 0.3) is 11.7 Å². The number of Topliss-reactive ketones (excluding diaryl/α,β-unsaturated/α-hetero) is 1. The van der Waals surface area contributed by atoms with Crippen molar-refractivity contribution in [2.45, 2.75) is 6.04 Å². The Morgan fingerprint density at radius 2 is 1.59 bits per heavy atom. The van der Waals surface area contributed by atoms with Crippen LogP contribution in [0.15, 0.2) is 72.3 Å². The van der Waals surface area contributed by atoms with E-state index in [0.717, 1.165) is 6.07 Å². The minimum Gasteiger partial charge on any atom is -0.507 e. The largest absolute Gasteiger partial charge is 0.507 e. The Morgan fingerprint density at radius 1 is 0.892 bits per heavy atom. The van der Waals surface area contributed by atoms with Crippen LogP contribution < -0.4 is 18.9 Å². The molecular weight excluding hydrogens is 481 g/mol. The summed E-state index contributed by atoms with van der Waals surface area (Å²) in [6.45, 7) is 0.110. The lowest BCUT2D eigenvalue weighted by atomic mass is 9.95. The third-order valence-corrected chi connectivity index (χ3v) is 6.03. The molecule has 3 aromatic carbocycles. The average Bonchev–Trinajstić information content (AvgIpc) is 3.18. The predicted octanol–water partition coefficient (Wildman–Crippen LogP) is 4.35. The fourth-order valence-corrected chi connectivity index (χ4v) is 4.21. The number of benzene rings is 3. The summed E-state index contributed by atoms with van der Waals surface area (Å²) in [7, 11) is 4.42. The molecular formula is C28H26FNO7. The summed E-state index contributed by atoms with van der Waals surface area (Å²) in [6.07, 6.45) is 0. The molecule has 1 amide bonds. The van der Waals surface area contributed by atoms with Gasteiger partial charge in [-0.1, -0.05) is 12.1 Å². The Labute approximate surface area is 213 Å². The van der Waals surface area contributed by atoms with Crippen LogP contribution in [0.2, 0.25) is 0 Å². The van der Waals surface area contributed by atoms with E-state index in [2.05, 4.69) is 0 Å². The topological polar surface area (TPSA) is 94.5 Å². The van der Waals surface area contributed by atoms with Crippen molar-refractivity contribution < 1.29 is 38.0 Å². The van der Waals surface area contributed by atoms with Crippen LogP contribution in [0.25, 0.3) is 5.76 Å². The number of methoxy groups -OCH3 is 3. The SMILES string of the molecule is COc1ccc(OCCN2C(=O)C(=O)/C(=C(/O)c3cc(F)ccc3OC)C2c2cccc(OC)c2)cc1. The van der Waals surface area contributed by atoms with E-state index in [-0.39, 0.29) is 30.0 Å². The molecule has 0 aliphatic carbocycles. The quantitative estimate of drug-likeness (QED) is 0.261. The Morgan fingerprint density at radius 3 is 2.27 bits per heavy atom. The highest BCUT2D eigenvalue weighted by molar-refractivity contribution is 6.46. The minimum atomic E-state index is -0.970. The first-order valence-corrected chi connectivity index (χ1v) is 11.4. The number of aliphatic hydroxyl groups excluding tert-OH is 1. The first-order valence-electron chi connectivity index (χ1n) is 11.4. The van der Waals surface area contributed by atoms with Crippen molar-refractivity contribution in [3.8, 4) is 23.0 Å². The van der Waals surface area contributed by atoms with Crippen molar-refractivity contribution in [1.29, 1.82) is 0 Å². The smallest absolute Gasteiger partial charge is 0.295 e. The molecule has 1 heterocycles. The number of rotatable bonds is 9. The van der Waals surface area contributed by atoms with E-state index in [4.69, 9.17) is 18.9 Å². The summed E-state index contributed by atoms with van der Waals surface area (Å²) in [5.74, 6) is -1.02. The standard InChI is InChI=1S/C28H26FNO7/c1-34-19-8-10-20(11-9-19)37-14-13-30-25(17-5-4-6-21(15-17)35-2)24(27(32)28(30)33)26(31)22-16-18(29)7-12-23(22)36-3/h4-12,15-16,25,31H,13-14H2,1-3H3/b26-24+. The Balaban J connectivity index is 1.73. The van der Waals surface area contributed by atoms with Gasteiger partial charge in [-0.25, -0.2) is 4.39 Å². The number of aliphatic hydroxyl groups is 1. The number of amides is 1. The highest BCUT2D eigenvalue weighted by atomic mass is 19.1. The molecule has 192 valence electrons. The molecule has 1 aliphatic rings.